The lowest BCUT2D eigenvalue weighted by molar-refractivity contribution is 0.0946. The minimum Gasteiger partial charge on any atom is -0.352 e. The standard InChI is InChI=1S/C12H15FN2OS/c13-11-2-1-10(8-14-11)12(16)15-7-9-3-5-17-6-4-9/h1-2,8-9H,3-7H2,(H,15,16). The van der Waals surface area contributed by atoms with Crippen molar-refractivity contribution in [3.8, 4) is 0 Å². The Kier molecular flexibility index (Phi) is 4.36. The second-order valence-corrected chi connectivity index (χ2v) is 5.36. The van der Waals surface area contributed by atoms with Gasteiger partial charge in [-0.3, -0.25) is 4.79 Å². The van der Waals surface area contributed by atoms with E-state index in [4.69, 9.17) is 0 Å². The minimum absolute atomic E-state index is 0.171. The normalized spacial score (nSPS) is 16.8. The van der Waals surface area contributed by atoms with E-state index in [9.17, 15) is 9.18 Å². The van der Waals surface area contributed by atoms with Crippen molar-refractivity contribution in [1.82, 2.24) is 10.3 Å². The summed E-state index contributed by atoms with van der Waals surface area (Å²) >= 11 is 1.97. The lowest BCUT2D eigenvalue weighted by atomic mass is 10.0. The molecule has 1 aromatic heterocycles. The number of carbonyl (C=O) groups excluding carboxylic acids is 1. The maximum absolute atomic E-state index is 12.6. The summed E-state index contributed by atoms with van der Waals surface area (Å²) in [5.74, 6) is 2.20. The number of amides is 1. The van der Waals surface area contributed by atoms with Crippen LogP contribution < -0.4 is 5.32 Å². The topological polar surface area (TPSA) is 42.0 Å². The van der Waals surface area contributed by atoms with Gasteiger partial charge >= 0.3 is 0 Å². The summed E-state index contributed by atoms with van der Waals surface area (Å²) in [7, 11) is 0. The summed E-state index contributed by atoms with van der Waals surface area (Å²) in [6, 6.07) is 2.65. The van der Waals surface area contributed by atoms with E-state index in [0.29, 0.717) is 18.0 Å². The van der Waals surface area contributed by atoms with Crippen molar-refractivity contribution in [3.05, 3.63) is 29.8 Å². The largest absolute Gasteiger partial charge is 0.352 e. The summed E-state index contributed by atoms with van der Waals surface area (Å²) < 4.78 is 12.6. The molecule has 1 aliphatic rings. The molecule has 1 aliphatic heterocycles. The maximum Gasteiger partial charge on any atom is 0.252 e. The molecule has 1 N–H and O–H groups in total. The average Bonchev–Trinajstić information content (AvgIpc) is 2.38. The first-order valence-electron chi connectivity index (χ1n) is 5.73. The number of halogens is 1. The Morgan fingerprint density at radius 3 is 2.88 bits per heavy atom. The van der Waals surface area contributed by atoms with Crippen LogP contribution >= 0.6 is 11.8 Å². The first kappa shape index (κ1) is 12.4. The lowest BCUT2D eigenvalue weighted by Gasteiger charge is -2.21. The van der Waals surface area contributed by atoms with E-state index in [-0.39, 0.29) is 5.91 Å². The molecule has 0 bridgehead atoms. The molecule has 0 atom stereocenters. The van der Waals surface area contributed by atoms with Crippen LogP contribution in [0, 0.1) is 11.9 Å². The highest BCUT2D eigenvalue weighted by molar-refractivity contribution is 7.99. The van der Waals surface area contributed by atoms with Gasteiger partial charge in [0.1, 0.15) is 0 Å². The smallest absolute Gasteiger partial charge is 0.252 e. The second-order valence-electron chi connectivity index (χ2n) is 4.14. The van der Waals surface area contributed by atoms with E-state index in [1.165, 1.54) is 29.8 Å². The van der Waals surface area contributed by atoms with Crippen molar-refractivity contribution < 1.29 is 9.18 Å². The van der Waals surface area contributed by atoms with Gasteiger partial charge < -0.3 is 5.32 Å². The number of carbonyl (C=O) groups is 1. The molecule has 0 aromatic carbocycles. The van der Waals surface area contributed by atoms with Crippen molar-refractivity contribution in [2.75, 3.05) is 18.1 Å². The minimum atomic E-state index is -0.564. The molecule has 2 heterocycles. The maximum atomic E-state index is 12.6. The molecule has 0 radical (unpaired) electrons. The molecule has 3 nitrogen and oxygen atoms in total. The zero-order valence-corrected chi connectivity index (χ0v) is 10.3. The zero-order chi connectivity index (χ0) is 12.1. The summed E-state index contributed by atoms with van der Waals surface area (Å²) in [5.41, 5.74) is 0.414. The molecule has 0 aliphatic carbocycles. The predicted molar refractivity (Wildman–Crippen MR) is 66.6 cm³/mol. The van der Waals surface area contributed by atoms with Gasteiger partial charge in [0.15, 0.2) is 0 Å². The summed E-state index contributed by atoms with van der Waals surface area (Å²) in [6.45, 7) is 0.705. The summed E-state index contributed by atoms with van der Waals surface area (Å²) in [5, 5.41) is 2.88. The molecule has 0 spiro atoms. The van der Waals surface area contributed by atoms with Crippen LogP contribution in [0.4, 0.5) is 4.39 Å². The Labute approximate surface area is 104 Å². The van der Waals surface area contributed by atoms with Crippen molar-refractivity contribution in [3.63, 3.8) is 0 Å². The number of pyridine rings is 1. The number of thioether (sulfide) groups is 1. The van der Waals surface area contributed by atoms with Gasteiger partial charge in [0, 0.05) is 12.7 Å². The van der Waals surface area contributed by atoms with Crippen LogP contribution in [0.3, 0.4) is 0 Å². The van der Waals surface area contributed by atoms with Gasteiger partial charge in [0.2, 0.25) is 5.95 Å². The fourth-order valence-corrected chi connectivity index (χ4v) is 3.00. The number of nitrogens with zero attached hydrogens (tertiary/aromatic N) is 1. The molecule has 0 saturated carbocycles. The highest BCUT2D eigenvalue weighted by atomic mass is 32.2. The molecule has 1 aromatic rings. The van der Waals surface area contributed by atoms with Crippen molar-refractivity contribution in [2.24, 2.45) is 5.92 Å². The van der Waals surface area contributed by atoms with Gasteiger partial charge in [-0.05, 0) is 42.4 Å². The highest BCUT2D eigenvalue weighted by Crippen LogP contribution is 2.21. The van der Waals surface area contributed by atoms with Crippen LogP contribution in [-0.2, 0) is 0 Å². The molecular formula is C12H15FN2OS. The number of hydrogen-bond donors (Lipinski definition) is 1. The van der Waals surface area contributed by atoms with E-state index in [2.05, 4.69) is 10.3 Å². The van der Waals surface area contributed by atoms with Crippen molar-refractivity contribution in [2.45, 2.75) is 12.8 Å². The molecule has 1 amide bonds. The van der Waals surface area contributed by atoms with Gasteiger partial charge in [-0.2, -0.15) is 16.2 Å². The second kappa shape index (κ2) is 6.00. The Morgan fingerprint density at radius 1 is 1.47 bits per heavy atom. The highest BCUT2D eigenvalue weighted by Gasteiger charge is 2.15. The van der Waals surface area contributed by atoms with Crippen LogP contribution in [0.25, 0.3) is 0 Å². The molecular weight excluding hydrogens is 239 g/mol. The Bertz CT molecular complexity index is 377. The molecule has 0 unspecified atom stereocenters. The molecule has 17 heavy (non-hydrogen) atoms. The van der Waals surface area contributed by atoms with Crippen LogP contribution in [0.1, 0.15) is 23.2 Å². The third kappa shape index (κ3) is 3.70. The van der Waals surface area contributed by atoms with Crippen LogP contribution in [0.5, 0.6) is 0 Å². The van der Waals surface area contributed by atoms with Crippen LogP contribution in [0.15, 0.2) is 18.3 Å². The zero-order valence-electron chi connectivity index (χ0n) is 9.49. The van der Waals surface area contributed by atoms with Gasteiger partial charge in [0.25, 0.3) is 5.91 Å². The first-order valence-corrected chi connectivity index (χ1v) is 6.88. The SMILES string of the molecule is O=C(NCC1CCSCC1)c1ccc(F)nc1. The molecule has 1 fully saturated rings. The number of nitrogens with one attached hydrogen (secondary N) is 1. The van der Waals surface area contributed by atoms with E-state index in [1.807, 2.05) is 11.8 Å². The fraction of sp³-hybridized carbons (Fsp3) is 0.500. The van der Waals surface area contributed by atoms with Crippen molar-refractivity contribution in [1.29, 1.82) is 0 Å². The van der Waals surface area contributed by atoms with Crippen LogP contribution in [0.2, 0.25) is 0 Å². The number of aromatic nitrogens is 1. The third-order valence-corrected chi connectivity index (χ3v) is 3.93. The van der Waals surface area contributed by atoms with E-state index >= 15 is 0 Å². The molecule has 92 valence electrons. The van der Waals surface area contributed by atoms with Gasteiger partial charge in [-0.15, -0.1) is 0 Å². The lowest BCUT2D eigenvalue weighted by Crippen LogP contribution is -2.31. The predicted octanol–water partition coefficient (Wildman–Crippen LogP) is 2.09. The molecule has 5 heteroatoms. The quantitative estimate of drug-likeness (QED) is 0.840. The Balaban J connectivity index is 1.82. The molecule has 1 saturated heterocycles. The van der Waals surface area contributed by atoms with E-state index in [0.717, 1.165) is 12.8 Å². The van der Waals surface area contributed by atoms with Crippen molar-refractivity contribution >= 4 is 17.7 Å². The first-order chi connectivity index (χ1) is 8.25. The Morgan fingerprint density at radius 2 is 2.24 bits per heavy atom. The number of hydrogen-bond acceptors (Lipinski definition) is 3. The summed E-state index contributed by atoms with van der Waals surface area (Å²) in [4.78, 5) is 15.2. The van der Waals surface area contributed by atoms with Gasteiger partial charge in [-0.25, -0.2) is 4.98 Å². The molecule has 2 rings (SSSR count). The van der Waals surface area contributed by atoms with Gasteiger partial charge in [0.05, 0.1) is 5.56 Å². The summed E-state index contributed by atoms with van der Waals surface area (Å²) in [6.07, 6.45) is 3.58. The van der Waals surface area contributed by atoms with E-state index < -0.39 is 5.95 Å². The third-order valence-electron chi connectivity index (χ3n) is 2.88. The van der Waals surface area contributed by atoms with Gasteiger partial charge in [-0.1, -0.05) is 0 Å². The number of rotatable bonds is 3. The fourth-order valence-electron chi connectivity index (χ4n) is 1.80. The Hall–Kier alpha value is -1.10. The average molecular weight is 254 g/mol. The monoisotopic (exact) mass is 254 g/mol. The van der Waals surface area contributed by atoms with E-state index in [1.54, 1.807) is 0 Å². The van der Waals surface area contributed by atoms with Crippen LogP contribution in [-0.4, -0.2) is 28.9 Å².